The van der Waals surface area contributed by atoms with Gasteiger partial charge in [-0.2, -0.15) is 0 Å². The molecule has 0 aliphatic carbocycles. The van der Waals surface area contributed by atoms with Gasteiger partial charge in [0.05, 0.1) is 17.2 Å². The molecule has 0 saturated carbocycles. The maximum Gasteiger partial charge on any atom is 0.240 e. The minimum atomic E-state index is -3.63. The van der Waals surface area contributed by atoms with Crippen LogP contribution < -0.4 is 14.8 Å². The van der Waals surface area contributed by atoms with Crippen molar-refractivity contribution in [2.45, 2.75) is 51.5 Å². The molecule has 0 saturated heterocycles. The number of amides is 1. The molecule has 0 heterocycles. The summed E-state index contributed by atoms with van der Waals surface area (Å²) in [5.74, 6) is 0.247. The fourth-order valence-corrected chi connectivity index (χ4v) is 3.06. The number of rotatable bonds is 8. The highest BCUT2D eigenvalue weighted by Crippen LogP contribution is 2.28. The zero-order valence-electron chi connectivity index (χ0n) is 13.5. The third kappa shape index (κ3) is 4.99. The maximum absolute atomic E-state index is 12.3. The molecule has 0 radical (unpaired) electrons. The average molecular weight is 328 g/mol. The van der Waals surface area contributed by atoms with Gasteiger partial charge in [0.1, 0.15) is 5.75 Å². The largest absolute Gasteiger partial charge is 0.492 e. The lowest BCUT2D eigenvalue weighted by molar-refractivity contribution is -0.115. The van der Waals surface area contributed by atoms with Gasteiger partial charge >= 0.3 is 0 Å². The van der Waals surface area contributed by atoms with Gasteiger partial charge in [-0.15, -0.1) is 0 Å². The molecule has 1 amide bonds. The molecular weight excluding hydrogens is 304 g/mol. The molecule has 0 aromatic heterocycles. The first kappa shape index (κ1) is 18.4. The maximum atomic E-state index is 12.3. The van der Waals surface area contributed by atoms with Crippen LogP contribution in [0.5, 0.6) is 5.75 Å². The first-order valence-corrected chi connectivity index (χ1v) is 8.91. The Morgan fingerprint density at radius 2 is 1.95 bits per heavy atom. The zero-order valence-corrected chi connectivity index (χ0v) is 14.3. The molecule has 0 aliphatic rings. The van der Waals surface area contributed by atoms with Crippen LogP contribution in [0.4, 0.5) is 5.69 Å². The number of carbonyl (C=O) groups is 1. The van der Waals surface area contributed by atoms with Crippen LogP contribution in [-0.4, -0.2) is 27.0 Å². The van der Waals surface area contributed by atoms with Gasteiger partial charge < -0.3 is 10.1 Å². The Bertz CT molecular complexity index is 614. The summed E-state index contributed by atoms with van der Waals surface area (Å²) >= 11 is 0. The van der Waals surface area contributed by atoms with Gasteiger partial charge in [0.2, 0.25) is 15.9 Å². The Hall–Kier alpha value is -1.60. The van der Waals surface area contributed by atoms with Gasteiger partial charge in [-0.3, -0.25) is 4.79 Å². The molecule has 6 nitrogen and oxygen atoms in total. The Balaban J connectivity index is 3.17. The van der Waals surface area contributed by atoms with Crippen molar-refractivity contribution in [3.63, 3.8) is 0 Å². The average Bonchev–Trinajstić information content (AvgIpc) is 2.48. The first-order chi connectivity index (χ1) is 10.3. The van der Waals surface area contributed by atoms with Crippen molar-refractivity contribution in [3.05, 3.63) is 18.2 Å². The minimum absolute atomic E-state index is 0.0997. The SMILES string of the molecule is CCOc1ccc(S(=O)(=O)N[C@@H](C)CC)cc1NC(=O)CC. The molecule has 124 valence electrons. The van der Waals surface area contributed by atoms with Gasteiger partial charge in [0, 0.05) is 12.5 Å². The van der Waals surface area contributed by atoms with Crippen molar-refractivity contribution >= 4 is 21.6 Å². The number of ether oxygens (including phenoxy) is 1. The minimum Gasteiger partial charge on any atom is -0.492 e. The van der Waals surface area contributed by atoms with Crippen molar-refractivity contribution in [3.8, 4) is 5.75 Å². The van der Waals surface area contributed by atoms with Gasteiger partial charge in [-0.25, -0.2) is 13.1 Å². The Morgan fingerprint density at radius 3 is 2.50 bits per heavy atom. The Labute approximate surface area is 132 Å². The predicted octanol–water partition coefficient (Wildman–Crippen LogP) is 2.51. The van der Waals surface area contributed by atoms with Crippen LogP contribution in [0, 0.1) is 0 Å². The summed E-state index contributed by atoms with van der Waals surface area (Å²) in [7, 11) is -3.63. The van der Waals surface area contributed by atoms with E-state index in [2.05, 4.69) is 10.0 Å². The first-order valence-electron chi connectivity index (χ1n) is 7.43. The summed E-state index contributed by atoms with van der Waals surface area (Å²) in [6, 6.07) is 4.28. The van der Waals surface area contributed by atoms with Crippen LogP contribution in [0.15, 0.2) is 23.1 Å². The summed E-state index contributed by atoms with van der Waals surface area (Å²) in [5.41, 5.74) is 0.362. The van der Waals surface area contributed by atoms with Crippen LogP contribution in [0.1, 0.15) is 40.5 Å². The van der Waals surface area contributed by atoms with E-state index in [1.54, 1.807) is 19.9 Å². The summed E-state index contributed by atoms with van der Waals surface area (Å²) < 4.78 is 32.6. The van der Waals surface area contributed by atoms with E-state index in [1.807, 2.05) is 13.8 Å². The van der Waals surface area contributed by atoms with Crippen molar-refractivity contribution in [2.75, 3.05) is 11.9 Å². The highest BCUT2D eigenvalue weighted by molar-refractivity contribution is 7.89. The number of nitrogens with one attached hydrogen (secondary N) is 2. The van der Waals surface area contributed by atoms with E-state index in [0.717, 1.165) is 0 Å². The van der Waals surface area contributed by atoms with Gasteiger partial charge in [-0.05, 0) is 38.5 Å². The molecule has 1 aromatic rings. The fourth-order valence-electron chi connectivity index (χ4n) is 1.71. The molecule has 1 rings (SSSR count). The molecule has 1 aromatic carbocycles. The molecule has 1 atom stereocenters. The highest BCUT2D eigenvalue weighted by Gasteiger charge is 2.19. The predicted molar refractivity (Wildman–Crippen MR) is 86.6 cm³/mol. The number of hydrogen-bond acceptors (Lipinski definition) is 4. The molecule has 0 spiro atoms. The van der Waals surface area contributed by atoms with E-state index in [0.29, 0.717) is 30.9 Å². The van der Waals surface area contributed by atoms with Gasteiger partial charge in [0.25, 0.3) is 0 Å². The third-order valence-electron chi connectivity index (χ3n) is 3.13. The smallest absolute Gasteiger partial charge is 0.240 e. The number of anilines is 1. The van der Waals surface area contributed by atoms with E-state index in [9.17, 15) is 13.2 Å². The summed E-state index contributed by atoms with van der Waals surface area (Å²) in [5, 5.41) is 2.67. The summed E-state index contributed by atoms with van der Waals surface area (Å²) in [6.07, 6.45) is 0.989. The molecule has 0 bridgehead atoms. The molecular formula is C15H24N2O4S. The summed E-state index contributed by atoms with van der Waals surface area (Å²) in [4.78, 5) is 11.7. The van der Waals surface area contributed by atoms with E-state index >= 15 is 0 Å². The van der Waals surface area contributed by atoms with Crippen LogP contribution in [-0.2, 0) is 14.8 Å². The number of sulfonamides is 1. The lowest BCUT2D eigenvalue weighted by Crippen LogP contribution is -2.32. The normalized spacial score (nSPS) is 12.7. The van der Waals surface area contributed by atoms with Gasteiger partial charge in [-0.1, -0.05) is 13.8 Å². The van der Waals surface area contributed by atoms with Crippen molar-refractivity contribution in [1.29, 1.82) is 0 Å². The van der Waals surface area contributed by atoms with Gasteiger partial charge in [0.15, 0.2) is 0 Å². The number of hydrogen-bond donors (Lipinski definition) is 2. The third-order valence-corrected chi connectivity index (χ3v) is 4.71. The standard InChI is InChI=1S/C15H24N2O4S/c1-5-11(4)17-22(19,20)12-8-9-14(21-7-3)13(10-12)16-15(18)6-2/h8-11,17H,5-7H2,1-4H3,(H,16,18)/t11-/m0/s1. The zero-order chi connectivity index (χ0) is 16.8. The van der Waals surface area contributed by atoms with Crippen LogP contribution in [0.3, 0.4) is 0 Å². The van der Waals surface area contributed by atoms with Crippen LogP contribution >= 0.6 is 0 Å². The van der Waals surface area contributed by atoms with Crippen LogP contribution in [0.2, 0.25) is 0 Å². The quantitative estimate of drug-likeness (QED) is 0.768. The van der Waals surface area contributed by atoms with Crippen molar-refractivity contribution < 1.29 is 17.9 Å². The topological polar surface area (TPSA) is 84.5 Å². The second kappa shape index (κ2) is 8.14. The fraction of sp³-hybridized carbons (Fsp3) is 0.533. The number of benzene rings is 1. The lowest BCUT2D eigenvalue weighted by Gasteiger charge is -2.15. The second-order valence-corrected chi connectivity index (χ2v) is 6.64. The lowest BCUT2D eigenvalue weighted by atomic mass is 10.3. The van der Waals surface area contributed by atoms with E-state index in [4.69, 9.17) is 4.74 Å². The molecule has 22 heavy (non-hydrogen) atoms. The number of carbonyl (C=O) groups excluding carboxylic acids is 1. The van der Waals surface area contributed by atoms with E-state index < -0.39 is 10.0 Å². The van der Waals surface area contributed by atoms with E-state index in [1.165, 1.54) is 12.1 Å². The van der Waals surface area contributed by atoms with E-state index in [-0.39, 0.29) is 16.8 Å². The molecule has 0 fully saturated rings. The molecule has 2 N–H and O–H groups in total. The Morgan fingerprint density at radius 1 is 1.27 bits per heavy atom. The van der Waals surface area contributed by atoms with Crippen molar-refractivity contribution in [2.24, 2.45) is 0 Å². The molecule has 0 unspecified atom stereocenters. The van der Waals surface area contributed by atoms with Crippen molar-refractivity contribution in [1.82, 2.24) is 4.72 Å². The summed E-state index contributed by atoms with van der Waals surface area (Å²) in [6.45, 7) is 7.66. The monoisotopic (exact) mass is 328 g/mol. The molecule has 0 aliphatic heterocycles. The Kier molecular flexibility index (Phi) is 6.83. The molecule has 7 heteroatoms. The van der Waals surface area contributed by atoms with Crippen LogP contribution in [0.25, 0.3) is 0 Å². The second-order valence-electron chi connectivity index (χ2n) is 4.92. The highest BCUT2D eigenvalue weighted by atomic mass is 32.2.